The van der Waals surface area contributed by atoms with Crippen LogP contribution in [0.15, 0.2) is 42.5 Å². The third kappa shape index (κ3) is 5.19. The topological polar surface area (TPSA) is 114 Å². The van der Waals surface area contributed by atoms with E-state index in [-0.39, 0.29) is 11.3 Å². The third-order valence-electron chi connectivity index (χ3n) is 4.15. The second-order valence-corrected chi connectivity index (χ2v) is 5.92. The zero-order valence-electron chi connectivity index (χ0n) is 15.9. The second kappa shape index (κ2) is 9.36. The Morgan fingerprint density at radius 3 is 2.29 bits per heavy atom. The molecule has 2 N–H and O–H groups in total. The minimum atomic E-state index is -0.853. The maximum absolute atomic E-state index is 11.9. The van der Waals surface area contributed by atoms with Crippen LogP contribution in [0.2, 0.25) is 0 Å². The van der Waals surface area contributed by atoms with Crippen LogP contribution in [-0.2, 0) is 4.84 Å². The molecule has 0 heterocycles. The van der Waals surface area contributed by atoms with E-state index in [9.17, 15) is 19.7 Å². The molecule has 0 atom stereocenters. The van der Waals surface area contributed by atoms with E-state index in [2.05, 4.69) is 24.1 Å². The van der Waals surface area contributed by atoms with Crippen molar-refractivity contribution in [2.45, 2.75) is 20.8 Å². The van der Waals surface area contributed by atoms with Crippen LogP contribution in [0.3, 0.4) is 0 Å². The van der Waals surface area contributed by atoms with Crippen LogP contribution in [0, 0.1) is 17.0 Å². The Bertz CT molecular complexity index is 863. The average molecular weight is 386 g/mol. The zero-order valence-corrected chi connectivity index (χ0v) is 15.9. The molecule has 0 aliphatic heterocycles. The first-order valence-corrected chi connectivity index (χ1v) is 8.73. The normalized spacial score (nSPS) is 10.1. The molecule has 0 radical (unpaired) electrons. The monoisotopic (exact) mass is 386 g/mol. The summed E-state index contributed by atoms with van der Waals surface area (Å²) >= 11 is 0. The van der Waals surface area contributed by atoms with Crippen molar-refractivity contribution in [1.29, 1.82) is 0 Å². The SMILES string of the molecule is CCN(CC)c1ccc(NC(=O)ONC(=O)c2ccc([N+](=O)[O-])cc2)c(C)c1. The summed E-state index contributed by atoms with van der Waals surface area (Å²) in [6.07, 6.45) is -0.853. The Kier molecular flexibility index (Phi) is 6.91. The lowest BCUT2D eigenvalue weighted by Crippen LogP contribution is -2.29. The molecule has 0 bridgehead atoms. The first-order valence-electron chi connectivity index (χ1n) is 8.73. The van der Waals surface area contributed by atoms with Crippen LogP contribution in [0.25, 0.3) is 0 Å². The van der Waals surface area contributed by atoms with Gasteiger partial charge in [0, 0.05) is 42.2 Å². The van der Waals surface area contributed by atoms with Gasteiger partial charge in [-0.15, -0.1) is 0 Å². The van der Waals surface area contributed by atoms with Crippen LogP contribution in [0.1, 0.15) is 29.8 Å². The molecule has 0 fully saturated rings. The summed E-state index contributed by atoms with van der Waals surface area (Å²) in [5.41, 5.74) is 4.45. The highest BCUT2D eigenvalue weighted by molar-refractivity contribution is 5.95. The quantitative estimate of drug-likeness (QED) is 0.579. The van der Waals surface area contributed by atoms with Gasteiger partial charge in [0.25, 0.3) is 11.6 Å². The fraction of sp³-hybridized carbons (Fsp3) is 0.263. The number of hydroxylamine groups is 1. The van der Waals surface area contributed by atoms with Gasteiger partial charge in [0.15, 0.2) is 0 Å². The Morgan fingerprint density at radius 2 is 1.75 bits per heavy atom. The molecular weight excluding hydrogens is 364 g/mol. The van der Waals surface area contributed by atoms with Crippen molar-refractivity contribution < 1.29 is 19.3 Å². The van der Waals surface area contributed by atoms with Gasteiger partial charge in [0.1, 0.15) is 0 Å². The minimum absolute atomic E-state index is 0.123. The minimum Gasteiger partial charge on any atom is -0.372 e. The summed E-state index contributed by atoms with van der Waals surface area (Å²) in [4.78, 5) is 40.8. The van der Waals surface area contributed by atoms with Crippen molar-refractivity contribution in [2.75, 3.05) is 23.3 Å². The Hall–Kier alpha value is -3.62. The summed E-state index contributed by atoms with van der Waals surface area (Å²) in [6, 6.07) is 10.5. The summed E-state index contributed by atoms with van der Waals surface area (Å²) in [6.45, 7) is 7.74. The summed E-state index contributed by atoms with van der Waals surface area (Å²) in [5, 5.41) is 13.2. The van der Waals surface area contributed by atoms with E-state index in [0.717, 1.165) is 24.3 Å². The van der Waals surface area contributed by atoms with Crippen molar-refractivity contribution >= 4 is 29.1 Å². The second-order valence-electron chi connectivity index (χ2n) is 5.92. The lowest BCUT2D eigenvalue weighted by atomic mass is 10.1. The lowest BCUT2D eigenvalue weighted by molar-refractivity contribution is -0.384. The van der Waals surface area contributed by atoms with Crippen LogP contribution in [-0.4, -0.2) is 30.0 Å². The van der Waals surface area contributed by atoms with E-state index in [1.807, 2.05) is 24.5 Å². The van der Waals surface area contributed by atoms with Crippen LogP contribution >= 0.6 is 0 Å². The highest BCUT2D eigenvalue weighted by Crippen LogP contribution is 2.22. The Morgan fingerprint density at radius 1 is 1.11 bits per heavy atom. The molecule has 0 unspecified atom stereocenters. The average Bonchev–Trinajstić information content (AvgIpc) is 2.69. The fourth-order valence-corrected chi connectivity index (χ4v) is 2.60. The summed E-state index contributed by atoms with van der Waals surface area (Å²) < 4.78 is 0. The first-order chi connectivity index (χ1) is 13.3. The number of carbonyl (C=O) groups excluding carboxylic acids is 2. The van der Waals surface area contributed by atoms with E-state index in [0.29, 0.717) is 5.69 Å². The number of nitrogens with zero attached hydrogens (tertiary/aromatic N) is 2. The fourth-order valence-electron chi connectivity index (χ4n) is 2.60. The van der Waals surface area contributed by atoms with E-state index in [4.69, 9.17) is 4.84 Å². The molecule has 0 aliphatic rings. The van der Waals surface area contributed by atoms with Gasteiger partial charge in [-0.05, 0) is 56.7 Å². The predicted octanol–water partition coefficient (Wildman–Crippen LogP) is 3.64. The molecule has 2 aromatic rings. The van der Waals surface area contributed by atoms with E-state index in [1.165, 1.54) is 24.3 Å². The lowest BCUT2D eigenvalue weighted by Gasteiger charge is -2.22. The highest BCUT2D eigenvalue weighted by atomic mass is 16.7. The molecule has 2 aromatic carbocycles. The van der Waals surface area contributed by atoms with E-state index in [1.54, 1.807) is 6.07 Å². The van der Waals surface area contributed by atoms with Crippen molar-refractivity contribution in [3.63, 3.8) is 0 Å². The maximum atomic E-state index is 11.9. The van der Waals surface area contributed by atoms with Gasteiger partial charge >= 0.3 is 6.09 Å². The largest absolute Gasteiger partial charge is 0.436 e. The molecule has 0 spiro atoms. The number of hydrogen-bond donors (Lipinski definition) is 2. The van der Waals surface area contributed by atoms with Gasteiger partial charge in [0.2, 0.25) is 0 Å². The number of amides is 2. The van der Waals surface area contributed by atoms with Crippen molar-refractivity contribution in [3.8, 4) is 0 Å². The molecule has 2 amide bonds. The number of carbonyl (C=O) groups is 2. The zero-order chi connectivity index (χ0) is 20.7. The van der Waals surface area contributed by atoms with Crippen molar-refractivity contribution in [1.82, 2.24) is 5.48 Å². The van der Waals surface area contributed by atoms with Gasteiger partial charge < -0.3 is 9.74 Å². The molecular formula is C19H22N4O5. The Labute approximate surface area is 162 Å². The molecule has 0 saturated carbocycles. The number of hydrogen-bond acceptors (Lipinski definition) is 6. The molecule has 28 heavy (non-hydrogen) atoms. The molecule has 9 nitrogen and oxygen atoms in total. The van der Waals surface area contributed by atoms with Crippen LogP contribution in [0.5, 0.6) is 0 Å². The molecule has 2 rings (SSSR count). The number of nitro groups is 1. The van der Waals surface area contributed by atoms with E-state index < -0.39 is 16.9 Å². The molecule has 0 aromatic heterocycles. The van der Waals surface area contributed by atoms with E-state index >= 15 is 0 Å². The van der Waals surface area contributed by atoms with Gasteiger partial charge in [-0.3, -0.25) is 20.2 Å². The van der Waals surface area contributed by atoms with Gasteiger partial charge in [-0.1, -0.05) is 0 Å². The van der Waals surface area contributed by atoms with Gasteiger partial charge in [-0.2, -0.15) is 5.48 Å². The molecule has 148 valence electrons. The van der Waals surface area contributed by atoms with Gasteiger partial charge in [0.05, 0.1) is 4.92 Å². The highest BCUT2D eigenvalue weighted by Gasteiger charge is 2.13. The summed E-state index contributed by atoms with van der Waals surface area (Å²) in [7, 11) is 0. The smallest absolute Gasteiger partial charge is 0.372 e. The predicted molar refractivity (Wildman–Crippen MR) is 105 cm³/mol. The number of anilines is 2. The summed E-state index contributed by atoms with van der Waals surface area (Å²) in [5.74, 6) is -0.696. The van der Waals surface area contributed by atoms with Crippen LogP contribution in [0.4, 0.5) is 21.9 Å². The van der Waals surface area contributed by atoms with Crippen LogP contribution < -0.4 is 15.7 Å². The standard InChI is InChI=1S/C19H22N4O5/c1-4-22(5-2)16-10-11-17(13(3)12-16)20-19(25)28-21-18(24)14-6-8-15(9-7-14)23(26)27/h6-12H,4-5H2,1-3H3,(H,20,25)(H,21,24). The van der Waals surface area contributed by atoms with Crippen molar-refractivity contribution in [3.05, 3.63) is 63.7 Å². The number of nitrogens with one attached hydrogen (secondary N) is 2. The van der Waals surface area contributed by atoms with Crippen molar-refractivity contribution in [2.24, 2.45) is 0 Å². The number of nitro benzene ring substituents is 1. The first kappa shape index (κ1) is 20.7. The number of rotatable bonds is 6. The van der Waals surface area contributed by atoms with Gasteiger partial charge in [-0.25, -0.2) is 4.79 Å². The Balaban J connectivity index is 1.93. The molecule has 9 heteroatoms. The number of aryl methyl sites for hydroxylation is 1. The molecule has 0 aliphatic carbocycles. The molecule has 0 saturated heterocycles. The third-order valence-corrected chi connectivity index (χ3v) is 4.15. The maximum Gasteiger partial charge on any atom is 0.436 e. The number of non-ortho nitro benzene ring substituents is 1. The number of benzene rings is 2.